The maximum absolute atomic E-state index is 6.27. The molecule has 3 heteroatoms. The first-order valence-electron chi connectivity index (χ1n) is 5.86. The van der Waals surface area contributed by atoms with Crippen LogP contribution in [0.4, 0.5) is 0 Å². The summed E-state index contributed by atoms with van der Waals surface area (Å²) in [6, 6.07) is 2.13. The van der Waals surface area contributed by atoms with E-state index in [0.29, 0.717) is 5.92 Å². The summed E-state index contributed by atoms with van der Waals surface area (Å²) in [4.78, 5) is 0. The Kier molecular flexibility index (Phi) is 4.26. The summed E-state index contributed by atoms with van der Waals surface area (Å²) in [6.45, 7) is 10.4. The molecule has 1 rings (SSSR count). The zero-order valence-electron chi connectivity index (χ0n) is 11.5. The molecule has 0 bridgehead atoms. The van der Waals surface area contributed by atoms with Crippen LogP contribution < -0.4 is 10.5 Å². The predicted octanol–water partition coefficient (Wildman–Crippen LogP) is 4.08. The molecule has 0 unspecified atom stereocenters. The van der Waals surface area contributed by atoms with Crippen LogP contribution in [0.5, 0.6) is 5.75 Å². The van der Waals surface area contributed by atoms with E-state index >= 15 is 0 Å². The largest absolute Gasteiger partial charge is 0.496 e. The summed E-state index contributed by atoms with van der Waals surface area (Å²) in [6.07, 6.45) is 0. The fraction of sp³-hybridized carbons (Fsp3) is 0.571. The highest BCUT2D eigenvalue weighted by Gasteiger charge is 2.26. The van der Waals surface area contributed by atoms with Gasteiger partial charge in [-0.15, -0.1) is 0 Å². The Labute approximate surface area is 113 Å². The summed E-state index contributed by atoms with van der Waals surface area (Å²) in [7, 11) is 1.71. The van der Waals surface area contributed by atoms with Crippen molar-refractivity contribution in [2.24, 2.45) is 5.73 Å². The second-order valence-corrected chi connectivity index (χ2v) is 6.21. The van der Waals surface area contributed by atoms with Gasteiger partial charge >= 0.3 is 0 Å². The van der Waals surface area contributed by atoms with Crippen molar-refractivity contribution < 1.29 is 4.74 Å². The minimum atomic E-state index is -0.414. The summed E-state index contributed by atoms with van der Waals surface area (Å²) >= 11 is 3.61. The molecule has 0 saturated heterocycles. The van der Waals surface area contributed by atoms with Crippen molar-refractivity contribution in [1.29, 1.82) is 0 Å². The Hall–Kier alpha value is -0.540. The number of methoxy groups -OCH3 is 1. The van der Waals surface area contributed by atoms with Gasteiger partial charge in [0.05, 0.1) is 7.11 Å². The minimum Gasteiger partial charge on any atom is -0.496 e. The van der Waals surface area contributed by atoms with E-state index < -0.39 is 5.54 Å². The van der Waals surface area contributed by atoms with Gasteiger partial charge in [-0.2, -0.15) is 0 Å². The van der Waals surface area contributed by atoms with Crippen molar-refractivity contribution >= 4 is 15.9 Å². The Balaban J connectivity index is 3.66. The Morgan fingerprint density at radius 1 is 1.35 bits per heavy atom. The average Bonchev–Trinajstić information content (AvgIpc) is 2.18. The van der Waals surface area contributed by atoms with Crippen molar-refractivity contribution in [3.05, 3.63) is 27.2 Å². The lowest BCUT2D eigenvalue weighted by Crippen LogP contribution is -2.31. The van der Waals surface area contributed by atoms with Gasteiger partial charge in [0, 0.05) is 15.6 Å². The summed E-state index contributed by atoms with van der Waals surface area (Å²) in [5.74, 6) is 1.33. The molecule has 2 N–H and O–H groups in total. The molecule has 0 aliphatic carbocycles. The van der Waals surface area contributed by atoms with Crippen LogP contribution in [0.1, 0.15) is 50.3 Å². The Morgan fingerprint density at radius 2 is 1.88 bits per heavy atom. The van der Waals surface area contributed by atoms with Gasteiger partial charge in [0.25, 0.3) is 0 Å². The molecule has 0 aliphatic heterocycles. The molecule has 17 heavy (non-hydrogen) atoms. The molecule has 0 heterocycles. The van der Waals surface area contributed by atoms with E-state index in [4.69, 9.17) is 10.5 Å². The van der Waals surface area contributed by atoms with Gasteiger partial charge in [-0.25, -0.2) is 0 Å². The Morgan fingerprint density at radius 3 is 2.24 bits per heavy atom. The van der Waals surface area contributed by atoms with Gasteiger partial charge in [-0.05, 0) is 43.9 Å². The lowest BCUT2D eigenvalue weighted by molar-refractivity contribution is 0.386. The van der Waals surface area contributed by atoms with Gasteiger partial charge in [0.15, 0.2) is 0 Å². The number of hydrogen-bond acceptors (Lipinski definition) is 2. The van der Waals surface area contributed by atoms with Gasteiger partial charge < -0.3 is 10.5 Å². The van der Waals surface area contributed by atoms with E-state index in [1.54, 1.807) is 7.11 Å². The monoisotopic (exact) mass is 299 g/mol. The molecule has 0 aliphatic rings. The molecule has 0 radical (unpaired) electrons. The topological polar surface area (TPSA) is 35.2 Å². The number of nitrogens with two attached hydrogens (primary N) is 1. The predicted molar refractivity (Wildman–Crippen MR) is 76.7 cm³/mol. The van der Waals surface area contributed by atoms with Crippen molar-refractivity contribution in [2.45, 2.75) is 46.1 Å². The van der Waals surface area contributed by atoms with E-state index in [-0.39, 0.29) is 0 Å². The highest BCUT2D eigenvalue weighted by atomic mass is 79.9. The smallest absolute Gasteiger partial charge is 0.127 e. The van der Waals surface area contributed by atoms with Crippen LogP contribution in [0.25, 0.3) is 0 Å². The second-order valence-electron chi connectivity index (χ2n) is 5.36. The normalized spacial score (nSPS) is 12.1. The summed E-state index contributed by atoms with van der Waals surface area (Å²) in [5, 5.41) is 0. The molecule has 0 spiro atoms. The number of halogens is 1. The summed E-state index contributed by atoms with van der Waals surface area (Å²) in [5.41, 5.74) is 9.28. The van der Waals surface area contributed by atoms with Crippen molar-refractivity contribution in [3.63, 3.8) is 0 Å². The van der Waals surface area contributed by atoms with Crippen LogP contribution in [-0.2, 0) is 5.54 Å². The van der Waals surface area contributed by atoms with Crippen LogP contribution in [-0.4, -0.2) is 7.11 Å². The minimum absolute atomic E-state index is 0.406. The first kappa shape index (κ1) is 14.5. The number of ether oxygens (including phenoxy) is 1. The fourth-order valence-corrected chi connectivity index (χ4v) is 2.61. The average molecular weight is 300 g/mol. The quantitative estimate of drug-likeness (QED) is 0.912. The number of rotatable bonds is 3. The van der Waals surface area contributed by atoms with Crippen LogP contribution >= 0.6 is 15.9 Å². The van der Waals surface area contributed by atoms with Crippen molar-refractivity contribution in [2.75, 3.05) is 7.11 Å². The summed E-state index contributed by atoms with van der Waals surface area (Å²) < 4.78 is 6.69. The van der Waals surface area contributed by atoms with Crippen LogP contribution in [0, 0.1) is 6.92 Å². The van der Waals surface area contributed by atoms with Crippen molar-refractivity contribution in [1.82, 2.24) is 0 Å². The molecule has 0 atom stereocenters. The van der Waals surface area contributed by atoms with E-state index in [0.717, 1.165) is 21.3 Å². The molecule has 0 aromatic heterocycles. The zero-order valence-corrected chi connectivity index (χ0v) is 13.1. The molecule has 2 nitrogen and oxygen atoms in total. The van der Waals surface area contributed by atoms with Crippen LogP contribution in [0.3, 0.4) is 0 Å². The first-order chi connectivity index (χ1) is 7.70. The molecule has 0 saturated carbocycles. The highest BCUT2D eigenvalue weighted by Crippen LogP contribution is 2.40. The van der Waals surface area contributed by atoms with Gasteiger partial charge in [-0.1, -0.05) is 29.8 Å². The molecule has 0 fully saturated rings. The molecular formula is C14H22BrNO. The van der Waals surface area contributed by atoms with E-state index in [9.17, 15) is 0 Å². The lowest BCUT2D eigenvalue weighted by Gasteiger charge is -2.28. The van der Waals surface area contributed by atoms with Crippen LogP contribution in [0.2, 0.25) is 0 Å². The van der Waals surface area contributed by atoms with E-state index in [1.807, 2.05) is 13.8 Å². The number of benzene rings is 1. The maximum atomic E-state index is 6.27. The van der Waals surface area contributed by atoms with Crippen LogP contribution in [0.15, 0.2) is 10.5 Å². The van der Waals surface area contributed by atoms with Gasteiger partial charge in [-0.3, -0.25) is 0 Å². The molecule has 0 amide bonds. The third-order valence-electron chi connectivity index (χ3n) is 2.98. The molecule has 1 aromatic rings. The second kappa shape index (κ2) is 4.99. The molecule has 1 aromatic carbocycles. The Bertz CT molecular complexity index is 419. The number of hydrogen-bond donors (Lipinski definition) is 1. The maximum Gasteiger partial charge on any atom is 0.127 e. The fourth-order valence-electron chi connectivity index (χ4n) is 2.17. The van der Waals surface area contributed by atoms with E-state index in [1.165, 1.54) is 5.56 Å². The third-order valence-corrected chi connectivity index (χ3v) is 3.80. The standard InChI is InChI=1S/C14H22BrNO/c1-8(2)10-7-11(15)9(3)12(13(10)17-6)14(4,5)16/h7-8H,16H2,1-6H3. The highest BCUT2D eigenvalue weighted by molar-refractivity contribution is 9.10. The van der Waals surface area contributed by atoms with E-state index in [2.05, 4.69) is 42.8 Å². The lowest BCUT2D eigenvalue weighted by atomic mass is 9.86. The van der Waals surface area contributed by atoms with Gasteiger partial charge in [0.2, 0.25) is 0 Å². The van der Waals surface area contributed by atoms with Gasteiger partial charge in [0.1, 0.15) is 5.75 Å². The third kappa shape index (κ3) is 2.83. The molecule has 96 valence electrons. The SMILES string of the molecule is COc1c(C(C)C)cc(Br)c(C)c1C(C)(C)N. The molecular weight excluding hydrogens is 278 g/mol. The first-order valence-corrected chi connectivity index (χ1v) is 6.65. The van der Waals surface area contributed by atoms with Crippen molar-refractivity contribution in [3.8, 4) is 5.75 Å². The zero-order chi connectivity index (χ0) is 13.4.